The number of nitrogens with one attached hydrogen (secondary N) is 1. The number of hydrogen-bond donors (Lipinski definition) is 1. The highest BCUT2D eigenvalue weighted by Gasteiger charge is 2.23. The highest BCUT2D eigenvalue weighted by molar-refractivity contribution is 5.97. The highest BCUT2D eigenvalue weighted by atomic mass is 16.5. The van der Waals surface area contributed by atoms with E-state index in [0.717, 1.165) is 5.69 Å². The molecule has 1 aromatic carbocycles. The predicted octanol–water partition coefficient (Wildman–Crippen LogP) is 0.942. The quantitative estimate of drug-likeness (QED) is 0.830. The molecule has 2 rings (SSSR count). The average molecular weight is 272 g/mol. The zero-order valence-corrected chi connectivity index (χ0v) is 11.1. The Labute approximate surface area is 117 Å². The molecule has 1 aromatic rings. The van der Waals surface area contributed by atoms with Crippen LogP contribution >= 0.6 is 0 Å². The van der Waals surface area contributed by atoms with E-state index >= 15 is 0 Å². The summed E-state index contributed by atoms with van der Waals surface area (Å²) in [6, 6.07) is 7.38. The third kappa shape index (κ3) is 3.29. The van der Waals surface area contributed by atoms with Crippen molar-refractivity contribution in [1.82, 2.24) is 5.32 Å². The smallest absolute Gasteiger partial charge is 0.227 e. The molecule has 0 aromatic heterocycles. The minimum Gasteiger partial charge on any atom is -0.490 e. The molecular weight excluding hydrogens is 256 g/mol. The lowest BCUT2D eigenvalue weighted by Gasteiger charge is -2.29. The van der Waals surface area contributed by atoms with E-state index < -0.39 is 0 Å². The number of amides is 2. The summed E-state index contributed by atoms with van der Waals surface area (Å²) in [6.45, 7) is 1.15. The van der Waals surface area contributed by atoms with Crippen LogP contribution in [0, 0.1) is 12.3 Å². The highest BCUT2D eigenvalue weighted by Crippen LogP contribution is 2.31. The van der Waals surface area contributed by atoms with Crippen LogP contribution in [0.1, 0.15) is 12.8 Å². The molecule has 1 aliphatic rings. The molecule has 104 valence electrons. The molecular formula is C15H16N2O3. The van der Waals surface area contributed by atoms with E-state index in [1.54, 1.807) is 4.90 Å². The van der Waals surface area contributed by atoms with E-state index in [4.69, 9.17) is 11.2 Å². The molecule has 0 fully saturated rings. The Bertz CT molecular complexity index is 548. The maximum Gasteiger partial charge on any atom is 0.227 e. The Hall–Kier alpha value is -2.48. The number of anilines is 1. The van der Waals surface area contributed by atoms with E-state index in [1.807, 2.05) is 24.3 Å². The van der Waals surface area contributed by atoms with Crippen molar-refractivity contribution in [1.29, 1.82) is 0 Å². The van der Waals surface area contributed by atoms with Gasteiger partial charge in [-0.05, 0) is 12.1 Å². The van der Waals surface area contributed by atoms with Crippen LogP contribution in [0.5, 0.6) is 5.75 Å². The second kappa shape index (κ2) is 6.62. The predicted molar refractivity (Wildman–Crippen MR) is 75.4 cm³/mol. The van der Waals surface area contributed by atoms with Crippen molar-refractivity contribution < 1.29 is 14.3 Å². The molecule has 0 atom stereocenters. The lowest BCUT2D eigenvalue weighted by atomic mass is 10.2. The van der Waals surface area contributed by atoms with Gasteiger partial charge in [-0.2, -0.15) is 0 Å². The SMILES string of the molecule is C#CCNC(=O)CCC(=O)N1CCOc2ccccc21. The van der Waals surface area contributed by atoms with Crippen LogP contribution in [0.4, 0.5) is 5.69 Å². The first-order valence-electron chi connectivity index (χ1n) is 6.44. The third-order valence-corrected chi connectivity index (χ3v) is 2.98. The Morgan fingerprint density at radius 1 is 1.35 bits per heavy atom. The number of ether oxygens (including phenoxy) is 1. The third-order valence-electron chi connectivity index (χ3n) is 2.98. The lowest BCUT2D eigenvalue weighted by molar-refractivity contribution is -0.125. The molecule has 0 aliphatic carbocycles. The molecule has 0 saturated carbocycles. The van der Waals surface area contributed by atoms with Gasteiger partial charge in [0.2, 0.25) is 11.8 Å². The van der Waals surface area contributed by atoms with Crippen LogP contribution in [-0.4, -0.2) is 31.5 Å². The van der Waals surface area contributed by atoms with E-state index in [0.29, 0.717) is 18.9 Å². The molecule has 1 aliphatic heterocycles. The summed E-state index contributed by atoms with van der Waals surface area (Å²) in [5.41, 5.74) is 0.757. The van der Waals surface area contributed by atoms with Crippen molar-refractivity contribution in [2.45, 2.75) is 12.8 Å². The second-order valence-electron chi connectivity index (χ2n) is 4.34. The number of rotatable bonds is 4. The van der Waals surface area contributed by atoms with Gasteiger partial charge in [-0.3, -0.25) is 9.59 Å². The zero-order chi connectivity index (χ0) is 14.4. The van der Waals surface area contributed by atoms with Crippen molar-refractivity contribution in [2.24, 2.45) is 0 Å². The fourth-order valence-electron chi connectivity index (χ4n) is 2.02. The average Bonchev–Trinajstić information content (AvgIpc) is 2.50. The fourth-order valence-corrected chi connectivity index (χ4v) is 2.02. The van der Waals surface area contributed by atoms with E-state index in [1.165, 1.54) is 0 Å². The van der Waals surface area contributed by atoms with Gasteiger partial charge in [0.15, 0.2) is 0 Å². The van der Waals surface area contributed by atoms with Gasteiger partial charge in [-0.1, -0.05) is 18.1 Å². The molecule has 0 spiro atoms. The number of fused-ring (bicyclic) bond motifs is 1. The van der Waals surface area contributed by atoms with Crippen LogP contribution in [0.3, 0.4) is 0 Å². The Kier molecular flexibility index (Phi) is 4.61. The summed E-state index contributed by atoms with van der Waals surface area (Å²) in [5, 5.41) is 2.54. The maximum atomic E-state index is 12.2. The molecule has 2 amide bonds. The van der Waals surface area contributed by atoms with Crippen LogP contribution < -0.4 is 15.0 Å². The maximum absolute atomic E-state index is 12.2. The summed E-state index contributed by atoms with van der Waals surface area (Å²) in [5.74, 6) is 2.72. The van der Waals surface area contributed by atoms with Crippen molar-refractivity contribution in [2.75, 3.05) is 24.6 Å². The summed E-state index contributed by atoms with van der Waals surface area (Å²) in [6.07, 6.45) is 5.35. The van der Waals surface area contributed by atoms with Gasteiger partial charge < -0.3 is 15.0 Å². The van der Waals surface area contributed by atoms with Crippen LogP contribution in [0.25, 0.3) is 0 Å². The number of terminal acetylenes is 1. The first kappa shape index (κ1) is 13.9. The standard InChI is InChI=1S/C15H16N2O3/c1-2-9-16-14(18)7-8-15(19)17-10-11-20-13-6-4-3-5-12(13)17/h1,3-6H,7-11H2,(H,16,18). The van der Waals surface area contributed by atoms with Crippen LogP contribution in [0.15, 0.2) is 24.3 Å². The topological polar surface area (TPSA) is 58.6 Å². The van der Waals surface area contributed by atoms with Gasteiger partial charge in [0.1, 0.15) is 12.4 Å². The van der Waals surface area contributed by atoms with Crippen molar-refractivity contribution >= 4 is 17.5 Å². The summed E-state index contributed by atoms with van der Waals surface area (Å²) < 4.78 is 5.49. The molecule has 5 nitrogen and oxygen atoms in total. The Morgan fingerprint density at radius 2 is 2.15 bits per heavy atom. The second-order valence-corrected chi connectivity index (χ2v) is 4.34. The number of benzene rings is 1. The van der Waals surface area contributed by atoms with Crippen LogP contribution in [0.2, 0.25) is 0 Å². The van der Waals surface area contributed by atoms with Crippen molar-refractivity contribution in [3.05, 3.63) is 24.3 Å². The van der Waals surface area contributed by atoms with Gasteiger partial charge >= 0.3 is 0 Å². The molecule has 5 heteroatoms. The van der Waals surface area contributed by atoms with Gasteiger partial charge in [0, 0.05) is 12.8 Å². The van der Waals surface area contributed by atoms with E-state index in [9.17, 15) is 9.59 Å². The number of carbonyl (C=O) groups is 2. The lowest BCUT2D eigenvalue weighted by Crippen LogP contribution is -2.38. The van der Waals surface area contributed by atoms with Gasteiger partial charge in [0.05, 0.1) is 18.8 Å². The van der Waals surface area contributed by atoms with Gasteiger partial charge in [-0.15, -0.1) is 6.42 Å². The molecule has 0 bridgehead atoms. The van der Waals surface area contributed by atoms with Crippen molar-refractivity contribution in [3.8, 4) is 18.1 Å². The number of carbonyl (C=O) groups excluding carboxylic acids is 2. The summed E-state index contributed by atoms with van der Waals surface area (Å²) in [4.78, 5) is 25.3. The first-order chi connectivity index (χ1) is 9.72. The summed E-state index contributed by atoms with van der Waals surface area (Å²) >= 11 is 0. The molecule has 0 radical (unpaired) electrons. The monoisotopic (exact) mass is 272 g/mol. The minimum atomic E-state index is -0.210. The minimum absolute atomic E-state index is 0.0865. The molecule has 1 heterocycles. The molecule has 0 unspecified atom stereocenters. The molecule has 1 N–H and O–H groups in total. The summed E-state index contributed by atoms with van der Waals surface area (Å²) in [7, 11) is 0. The Morgan fingerprint density at radius 3 is 2.95 bits per heavy atom. The zero-order valence-electron chi connectivity index (χ0n) is 11.1. The normalized spacial score (nSPS) is 12.8. The van der Waals surface area contributed by atoms with Gasteiger partial charge in [0.25, 0.3) is 0 Å². The van der Waals surface area contributed by atoms with E-state index in [2.05, 4.69) is 11.2 Å². The van der Waals surface area contributed by atoms with Crippen LogP contribution in [-0.2, 0) is 9.59 Å². The van der Waals surface area contributed by atoms with Crippen molar-refractivity contribution in [3.63, 3.8) is 0 Å². The largest absolute Gasteiger partial charge is 0.490 e. The van der Waals surface area contributed by atoms with E-state index in [-0.39, 0.29) is 31.2 Å². The Balaban J connectivity index is 1.94. The number of nitrogens with zero attached hydrogens (tertiary/aromatic N) is 1. The number of hydrogen-bond acceptors (Lipinski definition) is 3. The molecule has 20 heavy (non-hydrogen) atoms. The fraction of sp³-hybridized carbons (Fsp3) is 0.333. The number of para-hydroxylation sites is 2. The molecule has 0 saturated heterocycles. The van der Waals surface area contributed by atoms with Gasteiger partial charge in [-0.25, -0.2) is 0 Å². The first-order valence-corrected chi connectivity index (χ1v) is 6.44.